The molecule has 27 heavy (non-hydrogen) atoms. The summed E-state index contributed by atoms with van der Waals surface area (Å²) in [5.74, 6) is 2.76. The predicted octanol–water partition coefficient (Wildman–Crippen LogP) is 3.56. The molecular formula is C21H27N5O. The monoisotopic (exact) mass is 365 g/mol. The molecule has 0 atom stereocenters. The topological polar surface area (TPSA) is 66.8 Å². The number of imidazole rings is 2. The van der Waals surface area contributed by atoms with Crippen molar-refractivity contribution in [1.82, 2.24) is 24.4 Å². The van der Waals surface area contributed by atoms with Crippen molar-refractivity contribution >= 4 is 16.9 Å². The molecule has 3 heterocycles. The molecule has 3 aromatic rings. The Balaban J connectivity index is 1.29. The van der Waals surface area contributed by atoms with Crippen LogP contribution in [0.1, 0.15) is 48.8 Å². The lowest BCUT2D eigenvalue weighted by Crippen LogP contribution is -2.38. The molecule has 6 heteroatoms. The van der Waals surface area contributed by atoms with Gasteiger partial charge in [0.1, 0.15) is 11.6 Å². The number of nitrogens with one attached hydrogen (secondary N) is 1. The normalized spacial score (nSPS) is 15.6. The van der Waals surface area contributed by atoms with E-state index in [1.807, 2.05) is 24.2 Å². The Hall–Kier alpha value is -2.63. The third-order valence-corrected chi connectivity index (χ3v) is 5.68. The fourth-order valence-electron chi connectivity index (χ4n) is 3.99. The lowest BCUT2D eigenvalue weighted by molar-refractivity contribution is -0.132. The van der Waals surface area contributed by atoms with Crippen LogP contribution < -0.4 is 0 Å². The highest BCUT2D eigenvalue weighted by Crippen LogP contribution is 2.28. The summed E-state index contributed by atoms with van der Waals surface area (Å²) in [7, 11) is 0. The van der Waals surface area contributed by atoms with Crippen LogP contribution in [-0.2, 0) is 11.3 Å². The van der Waals surface area contributed by atoms with E-state index in [1.54, 1.807) is 0 Å². The number of H-pyrrole nitrogens is 1. The van der Waals surface area contributed by atoms with Crippen molar-refractivity contribution < 1.29 is 4.79 Å². The average molecular weight is 365 g/mol. The number of fused-ring (bicyclic) bond motifs is 1. The number of hydrogen-bond acceptors (Lipinski definition) is 3. The molecule has 1 amide bonds. The first-order valence-corrected chi connectivity index (χ1v) is 9.82. The van der Waals surface area contributed by atoms with E-state index in [2.05, 4.69) is 39.7 Å². The van der Waals surface area contributed by atoms with E-state index in [9.17, 15) is 4.79 Å². The number of carbonyl (C=O) groups is 1. The van der Waals surface area contributed by atoms with Crippen molar-refractivity contribution in [3.8, 4) is 0 Å². The number of hydrogen-bond donors (Lipinski definition) is 1. The Bertz CT molecular complexity index is 933. The van der Waals surface area contributed by atoms with Gasteiger partial charge in [-0.05, 0) is 44.7 Å². The summed E-state index contributed by atoms with van der Waals surface area (Å²) in [5.41, 5.74) is 3.38. The molecule has 142 valence electrons. The van der Waals surface area contributed by atoms with Gasteiger partial charge in [-0.25, -0.2) is 9.97 Å². The third kappa shape index (κ3) is 3.75. The number of aromatic nitrogens is 4. The third-order valence-electron chi connectivity index (χ3n) is 5.68. The highest BCUT2D eigenvalue weighted by atomic mass is 16.2. The largest absolute Gasteiger partial charge is 0.343 e. The number of piperidine rings is 1. The second-order valence-corrected chi connectivity index (χ2v) is 7.52. The van der Waals surface area contributed by atoms with Gasteiger partial charge in [-0.3, -0.25) is 4.79 Å². The highest BCUT2D eigenvalue weighted by molar-refractivity contribution is 5.78. The van der Waals surface area contributed by atoms with Gasteiger partial charge in [0.05, 0.1) is 11.0 Å². The van der Waals surface area contributed by atoms with E-state index in [1.165, 1.54) is 5.56 Å². The second kappa shape index (κ2) is 7.55. The maximum atomic E-state index is 12.5. The lowest BCUT2D eigenvalue weighted by Gasteiger charge is -2.31. The molecule has 1 aliphatic rings. The van der Waals surface area contributed by atoms with E-state index in [4.69, 9.17) is 4.98 Å². The van der Waals surface area contributed by atoms with Crippen LogP contribution in [0.4, 0.5) is 0 Å². The number of carbonyl (C=O) groups excluding carboxylic acids is 1. The number of aromatic amines is 1. The maximum Gasteiger partial charge on any atom is 0.222 e. The number of likely N-dealkylation sites (tertiary alicyclic amines) is 1. The first-order valence-electron chi connectivity index (χ1n) is 9.82. The van der Waals surface area contributed by atoms with Crippen molar-refractivity contribution in [2.75, 3.05) is 13.1 Å². The maximum absolute atomic E-state index is 12.5. The smallest absolute Gasteiger partial charge is 0.222 e. The van der Waals surface area contributed by atoms with Crippen LogP contribution in [-0.4, -0.2) is 43.4 Å². The van der Waals surface area contributed by atoms with Gasteiger partial charge in [0.2, 0.25) is 5.91 Å². The summed E-state index contributed by atoms with van der Waals surface area (Å²) in [6.45, 7) is 6.59. The summed E-state index contributed by atoms with van der Waals surface area (Å²) in [6, 6.07) is 6.24. The first kappa shape index (κ1) is 17.8. The molecule has 0 saturated carbocycles. The van der Waals surface area contributed by atoms with Crippen molar-refractivity contribution in [2.24, 2.45) is 0 Å². The zero-order chi connectivity index (χ0) is 18.8. The van der Waals surface area contributed by atoms with Crippen LogP contribution in [0.15, 0.2) is 30.6 Å². The molecule has 1 saturated heterocycles. The van der Waals surface area contributed by atoms with Gasteiger partial charge in [0, 0.05) is 44.4 Å². The molecule has 2 aromatic heterocycles. The van der Waals surface area contributed by atoms with Crippen molar-refractivity contribution in [3.63, 3.8) is 0 Å². The van der Waals surface area contributed by atoms with Gasteiger partial charge in [-0.15, -0.1) is 0 Å². The second-order valence-electron chi connectivity index (χ2n) is 7.52. The Morgan fingerprint density at radius 1 is 1.26 bits per heavy atom. The average Bonchev–Trinajstić information content (AvgIpc) is 3.29. The molecule has 4 rings (SSSR count). The molecule has 6 nitrogen and oxygen atoms in total. The van der Waals surface area contributed by atoms with Gasteiger partial charge >= 0.3 is 0 Å². The first-order chi connectivity index (χ1) is 13.1. The fourth-order valence-corrected chi connectivity index (χ4v) is 3.99. The van der Waals surface area contributed by atoms with Crippen LogP contribution in [0.2, 0.25) is 0 Å². The zero-order valence-corrected chi connectivity index (χ0v) is 16.1. The van der Waals surface area contributed by atoms with Gasteiger partial charge < -0.3 is 14.5 Å². The van der Waals surface area contributed by atoms with Crippen LogP contribution in [0.5, 0.6) is 0 Å². The van der Waals surface area contributed by atoms with E-state index in [-0.39, 0.29) is 5.91 Å². The van der Waals surface area contributed by atoms with E-state index in [0.29, 0.717) is 12.3 Å². The number of rotatable bonds is 5. The molecule has 1 aromatic carbocycles. The van der Waals surface area contributed by atoms with Crippen LogP contribution in [0, 0.1) is 13.8 Å². The Morgan fingerprint density at radius 2 is 2.07 bits per heavy atom. The number of para-hydroxylation sites is 1. The Kier molecular flexibility index (Phi) is 4.97. The van der Waals surface area contributed by atoms with Gasteiger partial charge in [-0.2, -0.15) is 0 Å². The summed E-state index contributed by atoms with van der Waals surface area (Å²) in [4.78, 5) is 27.1. The summed E-state index contributed by atoms with van der Waals surface area (Å²) in [6.07, 6.45) is 7.20. The minimum absolute atomic E-state index is 0.270. The number of aryl methyl sites for hydroxylation is 3. The number of benzene rings is 1. The number of amides is 1. The van der Waals surface area contributed by atoms with Crippen molar-refractivity contribution in [1.29, 1.82) is 0 Å². The lowest BCUT2D eigenvalue weighted by atomic mass is 9.96. The molecule has 0 spiro atoms. The minimum atomic E-state index is 0.270. The quantitative estimate of drug-likeness (QED) is 0.752. The molecule has 0 bridgehead atoms. The van der Waals surface area contributed by atoms with E-state index >= 15 is 0 Å². The van der Waals surface area contributed by atoms with Crippen molar-refractivity contribution in [2.45, 2.75) is 52.0 Å². The molecule has 0 aliphatic carbocycles. The highest BCUT2D eigenvalue weighted by Gasteiger charge is 2.25. The standard InChI is InChI=1S/C21H27N5O/c1-15-5-3-6-18-20(15)24-21(23-18)17-8-12-26(13-9-17)19(27)7-4-11-25-14-10-22-16(25)2/h3,5-6,10,14,17H,4,7-9,11-13H2,1-2H3,(H,23,24). The molecule has 1 N–H and O–H groups in total. The van der Waals surface area contributed by atoms with Crippen LogP contribution in [0.3, 0.4) is 0 Å². The van der Waals surface area contributed by atoms with E-state index < -0.39 is 0 Å². The zero-order valence-electron chi connectivity index (χ0n) is 16.1. The minimum Gasteiger partial charge on any atom is -0.343 e. The molecule has 1 fully saturated rings. The molecule has 0 radical (unpaired) electrons. The van der Waals surface area contributed by atoms with Crippen LogP contribution >= 0.6 is 0 Å². The Labute approximate surface area is 159 Å². The SMILES string of the molecule is Cc1cccc2[nH]c(C3CCN(C(=O)CCCn4ccnc4C)CC3)nc12. The van der Waals surface area contributed by atoms with Gasteiger partial charge in [0.15, 0.2) is 0 Å². The van der Waals surface area contributed by atoms with Crippen LogP contribution in [0.25, 0.3) is 11.0 Å². The van der Waals surface area contributed by atoms with Gasteiger partial charge in [0.25, 0.3) is 0 Å². The summed E-state index contributed by atoms with van der Waals surface area (Å²) >= 11 is 0. The van der Waals surface area contributed by atoms with Gasteiger partial charge in [-0.1, -0.05) is 12.1 Å². The summed E-state index contributed by atoms with van der Waals surface area (Å²) in [5, 5.41) is 0. The molecule has 1 aliphatic heterocycles. The molecule has 0 unspecified atom stereocenters. The predicted molar refractivity (Wildman–Crippen MR) is 106 cm³/mol. The fraction of sp³-hybridized carbons (Fsp3) is 0.476. The van der Waals surface area contributed by atoms with Crippen molar-refractivity contribution in [3.05, 3.63) is 47.8 Å². The molecular weight excluding hydrogens is 338 g/mol. The number of nitrogens with zero attached hydrogens (tertiary/aromatic N) is 4. The summed E-state index contributed by atoms with van der Waals surface area (Å²) < 4.78 is 2.10. The van der Waals surface area contributed by atoms with E-state index in [0.717, 1.165) is 61.6 Å². The Morgan fingerprint density at radius 3 is 2.78 bits per heavy atom.